The summed E-state index contributed by atoms with van der Waals surface area (Å²) < 4.78 is 45.9. The van der Waals surface area contributed by atoms with Gasteiger partial charge in [0.05, 0.1) is 29.7 Å². The number of hydrogen-bond donors (Lipinski definition) is 2. The minimum absolute atomic E-state index is 0.0291. The van der Waals surface area contributed by atoms with Crippen molar-refractivity contribution in [3.05, 3.63) is 57.1 Å². The number of aliphatic imine (C=N–C) groups is 1. The molecule has 6 nitrogen and oxygen atoms in total. The number of nitrogens with zero attached hydrogens (tertiary/aromatic N) is 2. The molecule has 11 heteroatoms. The molecule has 0 aliphatic rings. The Hall–Kier alpha value is -2.78. The molecule has 0 aliphatic carbocycles. The maximum atomic E-state index is 14.2. The summed E-state index contributed by atoms with van der Waals surface area (Å²) in [7, 11) is 0. The van der Waals surface area contributed by atoms with E-state index in [9.17, 15) is 23.1 Å². The number of benzene rings is 1. The summed E-state index contributed by atoms with van der Waals surface area (Å²) in [5.74, 6) is -6.78. The van der Waals surface area contributed by atoms with Gasteiger partial charge in [-0.3, -0.25) is 4.99 Å². The second-order valence-corrected chi connectivity index (χ2v) is 5.90. The third kappa shape index (κ3) is 4.55. The van der Waals surface area contributed by atoms with E-state index in [0.29, 0.717) is 6.07 Å². The topological polar surface area (TPSA) is 97.8 Å². The fourth-order valence-electron chi connectivity index (χ4n) is 1.97. The Bertz CT molecular complexity index is 997. The molecule has 1 heterocycles. The van der Waals surface area contributed by atoms with Crippen molar-refractivity contribution >= 4 is 52.5 Å². The Morgan fingerprint density at radius 3 is 2.61 bits per heavy atom. The number of rotatable bonds is 5. The van der Waals surface area contributed by atoms with Crippen molar-refractivity contribution in [3.8, 4) is 0 Å². The van der Waals surface area contributed by atoms with E-state index in [0.717, 1.165) is 6.21 Å². The Balaban J connectivity index is 2.60. The number of anilines is 1. The summed E-state index contributed by atoms with van der Waals surface area (Å²) in [5.41, 5.74) is 4.33. The van der Waals surface area contributed by atoms with Crippen molar-refractivity contribution in [2.45, 2.75) is 6.92 Å². The summed E-state index contributed by atoms with van der Waals surface area (Å²) >= 11 is 11.1. The molecule has 1 aromatic heterocycles. The number of carbonyl (C=O) groups is 1. The first-order chi connectivity index (χ1) is 13.2. The summed E-state index contributed by atoms with van der Waals surface area (Å²) in [6.45, 7) is 1.41. The van der Waals surface area contributed by atoms with Crippen molar-refractivity contribution in [3.63, 3.8) is 0 Å². The lowest BCUT2D eigenvalue weighted by molar-refractivity contribution is -0.137. The quantitative estimate of drug-likeness (QED) is 0.136. The molecule has 2 aromatic rings. The summed E-state index contributed by atoms with van der Waals surface area (Å²) in [4.78, 5) is 19.8. The van der Waals surface area contributed by atoms with Crippen LogP contribution in [0.1, 0.15) is 12.5 Å². The fourth-order valence-corrected chi connectivity index (χ4v) is 2.27. The molecule has 0 amide bonds. The maximum absolute atomic E-state index is 14.2. The number of aromatic nitrogens is 1. The van der Waals surface area contributed by atoms with E-state index in [2.05, 4.69) is 9.98 Å². The first-order valence-electron chi connectivity index (χ1n) is 7.56. The van der Waals surface area contributed by atoms with Crippen molar-refractivity contribution in [1.29, 1.82) is 0 Å². The van der Waals surface area contributed by atoms with Crippen molar-refractivity contribution < 1.29 is 27.8 Å². The molecule has 0 atom stereocenters. The molecule has 3 N–H and O–H groups in total. The van der Waals surface area contributed by atoms with Crippen LogP contribution < -0.4 is 5.73 Å². The standard InChI is InChI=1S/C17H12Cl2F3N3O3/c1-2-28-17(27)9(6-24-7-3-11(23)16(19)25-5-7)15(26)8-4-10(20)14(22)12(18)13(8)21/h3-6,26H,2,23H2,1H3/b15-9+,24-6?. The Morgan fingerprint density at radius 1 is 1.32 bits per heavy atom. The third-order valence-corrected chi connectivity index (χ3v) is 3.95. The molecule has 0 aliphatic heterocycles. The smallest absolute Gasteiger partial charge is 0.343 e. The lowest BCUT2D eigenvalue weighted by Gasteiger charge is -2.09. The van der Waals surface area contributed by atoms with Gasteiger partial charge in [0.25, 0.3) is 0 Å². The van der Waals surface area contributed by atoms with E-state index >= 15 is 0 Å². The van der Waals surface area contributed by atoms with Crippen LogP contribution in [0.25, 0.3) is 5.76 Å². The zero-order chi connectivity index (χ0) is 21.0. The van der Waals surface area contributed by atoms with Gasteiger partial charge in [0.2, 0.25) is 0 Å². The molecule has 0 unspecified atom stereocenters. The minimum Gasteiger partial charge on any atom is -0.506 e. The molecule has 0 spiro atoms. The lowest BCUT2D eigenvalue weighted by atomic mass is 10.1. The van der Waals surface area contributed by atoms with Gasteiger partial charge in [-0.1, -0.05) is 23.2 Å². The van der Waals surface area contributed by atoms with Crippen LogP contribution in [0.4, 0.5) is 24.5 Å². The third-order valence-electron chi connectivity index (χ3n) is 3.30. The lowest BCUT2D eigenvalue weighted by Crippen LogP contribution is -2.12. The second-order valence-electron chi connectivity index (χ2n) is 5.16. The van der Waals surface area contributed by atoms with E-state index in [4.69, 9.17) is 33.7 Å². The second kappa shape index (κ2) is 8.94. The van der Waals surface area contributed by atoms with Crippen LogP contribution in [0.3, 0.4) is 0 Å². The number of nitrogens with two attached hydrogens (primary N) is 1. The molecular weight excluding hydrogens is 422 g/mol. The predicted molar refractivity (Wildman–Crippen MR) is 99.3 cm³/mol. The van der Waals surface area contributed by atoms with Gasteiger partial charge < -0.3 is 15.6 Å². The highest BCUT2D eigenvalue weighted by Gasteiger charge is 2.24. The van der Waals surface area contributed by atoms with Crippen LogP contribution in [0, 0.1) is 17.5 Å². The number of halogens is 5. The average Bonchev–Trinajstić information content (AvgIpc) is 2.66. The van der Waals surface area contributed by atoms with Gasteiger partial charge in [0, 0.05) is 6.21 Å². The first kappa shape index (κ1) is 21.5. The van der Waals surface area contributed by atoms with E-state index in [1.54, 1.807) is 0 Å². The number of nitrogen functional groups attached to an aromatic ring is 1. The predicted octanol–water partition coefficient (Wildman–Crippen LogP) is 4.62. The van der Waals surface area contributed by atoms with Gasteiger partial charge in [0.15, 0.2) is 22.6 Å². The van der Waals surface area contributed by atoms with E-state index in [1.165, 1.54) is 19.2 Å². The van der Waals surface area contributed by atoms with E-state index in [-0.39, 0.29) is 23.1 Å². The highest BCUT2D eigenvalue weighted by atomic mass is 35.5. The molecule has 28 heavy (non-hydrogen) atoms. The van der Waals surface area contributed by atoms with Crippen LogP contribution in [-0.4, -0.2) is 28.9 Å². The Labute approximate surface area is 167 Å². The molecular formula is C17H12Cl2F3N3O3. The van der Waals surface area contributed by atoms with E-state index in [1.807, 2.05) is 0 Å². The Kier molecular flexibility index (Phi) is 6.87. The zero-order valence-electron chi connectivity index (χ0n) is 14.1. The molecule has 0 saturated heterocycles. The molecule has 0 radical (unpaired) electrons. The SMILES string of the molecule is CCOC(=O)/C(C=Nc1cnc(Cl)c(N)c1)=C(/O)c1cc(F)c(F)c(Cl)c1F. The minimum atomic E-state index is -1.63. The normalized spacial score (nSPS) is 12.2. The number of aliphatic hydroxyl groups excluding tert-OH is 1. The summed E-state index contributed by atoms with van der Waals surface area (Å²) in [6.07, 6.45) is 2.04. The van der Waals surface area contributed by atoms with Crippen molar-refractivity contribution in [1.82, 2.24) is 4.98 Å². The first-order valence-corrected chi connectivity index (χ1v) is 8.31. The molecule has 2 rings (SSSR count). The van der Waals surface area contributed by atoms with Crippen LogP contribution in [0.2, 0.25) is 10.2 Å². The van der Waals surface area contributed by atoms with Gasteiger partial charge in [-0.25, -0.2) is 22.9 Å². The van der Waals surface area contributed by atoms with Crippen LogP contribution in [0.15, 0.2) is 28.9 Å². The van der Waals surface area contributed by atoms with E-state index < -0.39 is 45.3 Å². The molecule has 0 bridgehead atoms. The number of hydrogen-bond acceptors (Lipinski definition) is 6. The average molecular weight is 434 g/mol. The van der Waals surface area contributed by atoms with Crippen LogP contribution in [0.5, 0.6) is 0 Å². The number of ether oxygens (including phenoxy) is 1. The highest BCUT2D eigenvalue weighted by Crippen LogP contribution is 2.29. The number of pyridine rings is 1. The highest BCUT2D eigenvalue weighted by molar-refractivity contribution is 6.32. The van der Waals surface area contributed by atoms with Gasteiger partial charge in [-0.15, -0.1) is 0 Å². The van der Waals surface area contributed by atoms with Gasteiger partial charge in [-0.05, 0) is 19.1 Å². The van der Waals surface area contributed by atoms with Gasteiger partial charge in [0.1, 0.15) is 16.4 Å². The van der Waals surface area contributed by atoms with Crippen molar-refractivity contribution in [2.24, 2.45) is 4.99 Å². The monoisotopic (exact) mass is 433 g/mol. The van der Waals surface area contributed by atoms with Gasteiger partial charge >= 0.3 is 5.97 Å². The zero-order valence-corrected chi connectivity index (χ0v) is 15.7. The maximum Gasteiger partial charge on any atom is 0.343 e. The largest absolute Gasteiger partial charge is 0.506 e. The summed E-state index contributed by atoms with van der Waals surface area (Å²) in [5, 5.41) is 9.16. The number of aliphatic hydroxyl groups is 1. The van der Waals surface area contributed by atoms with Crippen molar-refractivity contribution in [2.75, 3.05) is 12.3 Å². The summed E-state index contributed by atoms with van der Waals surface area (Å²) in [6, 6.07) is 1.67. The number of esters is 1. The van der Waals surface area contributed by atoms with Gasteiger partial charge in [-0.2, -0.15) is 0 Å². The molecule has 0 saturated carbocycles. The van der Waals surface area contributed by atoms with Crippen LogP contribution in [-0.2, 0) is 9.53 Å². The van der Waals surface area contributed by atoms with Crippen LogP contribution >= 0.6 is 23.2 Å². The fraction of sp³-hybridized carbons (Fsp3) is 0.118. The molecule has 148 valence electrons. The molecule has 0 fully saturated rings. The number of carbonyl (C=O) groups excluding carboxylic acids is 1. The Morgan fingerprint density at radius 2 is 2.00 bits per heavy atom. The molecule has 1 aromatic carbocycles.